The Balaban J connectivity index is 0.00000242. The Morgan fingerprint density at radius 1 is 1.23 bits per heavy atom. The maximum Gasteiger partial charge on any atom is 0.191 e. The van der Waals surface area contributed by atoms with Gasteiger partial charge < -0.3 is 15.5 Å². The van der Waals surface area contributed by atoms with Gasteiger partial charge >= 0.3 is 0 Å². The molecule has 0 saturated carbocycles. The van der Waals surface area contributed by atoms with Crippen molar-refractivity contribution in [3.63, 3.8) is 0 Å². The van der Waals surface area contributed by atoms with Crippen LogP contribution in [0.2, 0.25) is 0 Å². The van der Waals surface area contributed by atoms with E-state index >= 15 is 0 Å². The average Bonchev–Trinajstić information content (AvgIpc) is 3.00. The molecule has 1 unspecified atom stereocenters. The number of piperidine rings is 1. The number of nitrogens with one attached hydrogen (secondary N) is 2. The fraction of sp³-hybridized carbons (Fsp3) is 0.938. The lowest BCUT2D eigenvalue weighted by Crippen LogP contribution is -2.43. The molecule has 2 aliphatic heterocycles. The van der Waals surface area contributed by atoms with Gasteiger partial charge in [0.1, 0.15) is 0 Å². The fourth-order valence-corrected chi connectivity index (χ4v) is 4.12. The molecule has 0 spiro atoms. The summed E-state index contributed by atoms with van der Waals surface area (Å²) in [6, 6.07) is 0. The van der Waals surface area contributed by atoms with E-state index in [9.17, 15) is 0 Å². The fourth-order valence-electron chi connectivity index (χ4n) is 2.94. The molecule has 22 heavy (non-hydrogen) atoms. The van der Waals surface area contributed by atoms with Crippen molar-refractivity contribution in [2.75, 3.05) is 45.0 Å². The van der Waals surface area contributed by atoms with Crippen LogP contribution in [0.4, 0.5) is 0 Å². The number of guanidine groups is 1. The lowest BCUT2D eigenvalue weighted by molar-refractivity contribution is 0.195. The van der Waals surface area contributed by atoms with E-state index in [-0.39, 0.29) is 24.0 Å². The second kappa shape index (κ2) is 11.8. The first kappa shape index (κ1) is 20.4. The summed E-state index contributed by atoms with van der Waals surface area (Å²) >= 11 is 2.08. The Labute approximate surface area is 157 Å². The Hall–Kier alpha value is 0.310. The van der Waals surface area contributed by atoms with E-state index in [1.54, 1.807) is 0 Å². The topological polar surface area (TPSA) is 39.7 Å². The molecule has 1 atom stereocenters. The van der Waals surface area contributed by atoms with Gasteiger partial charge in [-0.1, -0.05) is 6.92 Å². The molecule has 2 saturated heterocycles. The number of rotatable bonds is 6. The second-order valence-electron chi connectivity index (χ2n) is 6.31. The predicted molar refractivity (Wildman–Crippen MR) is 110 cm³/mol. The molecule has 2 fully saturated rings. The van der Waals surface area contributed by atoms with Crippen LogP contribution in [0.1, 0.15) is 39.5 Å². The van der Waals surface area contributed by atoms with Gasteiger partial charge in [0.25, 0.3) is 0 Å². The summed E-state index contributed by atoms with van der Waals surface area (Å²) in [5, 5.41) is 7.59. The molecule has 0 aromatic heterocycles. The van der Waals surface area contributed by atoms with E-state index < -0.39 is 0 Å². The summed E-state index contributed by atoms with van der Waals surface area (Å²) in [4.78, 5) is 7.32. The summed E-state index contributed by atoms with van der Waals surface area (Å²) in [5.74, 6) is 3.23. The maximum absolute atomic E-state index is 4.75. The molecule has 0 amide bonds. The molecule has 0 bridgehead atoms. The first-order valence-corrected chi connectivity index (χ1v) is 9.69. The van der Waals surface area contributed by atoms with Gasteiger partial charge in [-0.3, -0.25) is 4.99 Å². The minimum Gasteiger partial charge on any atom is -0.357 e. The van der Waals surface area contributed by atoms with Crippen molar-refractivity contribution in [1.29, 1.82) is 0 Å². The van der Waals surface area contributed by atoms with E-state index in [0.717, 1.165) is 43.3 Å². The molecule has 0 aromatic rings. The number of nitrogens with zero attached hydrogens (tertiary/aromatic N) is 2. The maximum atomic E-state index is 4.75. The van der Waals surface area contributed by atoms with Crippen molar-refractivity contribution in [3.8, 4) is 0 Å². The van der Waals surface area contributed by atoms with E-state index in [0.29, 0.717) is 0 Å². The van der Waals surface area contributed by atoms with Gasteiger partial charge in [-0.05, 0) is 57.4 Å². The predicted octanol–water partition coefficient (Wildman–Crippen LogP) is 2.79. The van der Waals surface area contributed by atoms with Crippen LogP contribution in [0.5, 0.6) is 0 Å². The number of thioether (sulfide) groups is 1. The van der Waals surface area contributed by atoms with Crippen molar-refractivity contribution in [3.05, 3.63) is 0 Å². The summed E-state index contributed by atoms with van der Waals surface area (Å²) in [6.45, 7) is 11.0. The molecule has 130 valence electrons. The number of likely N-dealkylation sites (tertiary alicyclic amines) is 1. The highest BCUT2D eigenvalue weighted by molar-refractivity contribution is 14.0. The Kier molecular flexibility index (Phi) is 10.9. The lowest BCUT2D eigenvalue weighted by atomic mass is 9.99. The van der Waals surface area contributed by atoms with Crippen molar-refractivity contribution in [2.24, 2.45) is 10.9 Å². The summed E-state index contributed by atoms with van der Waals surface area (Å²) < 4.78 is 0. The SMILES string of the molecule is CCNC(=NCC1CCCS1)NCCN1CCC(C)CC1.I. The molecule has 2 aliphatic rings. The molecule has 0 aliphatic carbocycles. The van der Waals surface area contributed by atoms with E-state index in [1.807, 2.05) is 0 Å². The number of hydrogen-bond donors (Lipinski definition) is 2. The summed E-state index contributed by atoms with van der Waals surface area (Å²) in [6.07, 6.45) is 5.40. The van der Waals surface area contributed by atoms with Crippen LogP contribution in [0.15, 0.2) is 4.99 Å². The zero-order chi connectivity index (χ0) is 14.9. The molecule has 4 nitrogen and oxygen atoms in total. The van der Waals surface area contributed by atoms with E-state index in [2.05, 4.69) is 41.1 Å². The molecule has 6 heteroatoms. The number of aliphatic imine (C=N–C) groups is 1. The first-order valence-electron chi connectivity index (χ1n) is 8.64. The molecular formula is C16H33IN4S. The number of hydrogen-bond acceptors (Lipinski definition) is 3. The van der Waals surface area contributed by atoms with Gasteiger partial charge in [-0.15, -0.1) is 24.0 Å². The zero-order valence-corrected chi connectivity index (χ0v) is 17.3. The van der Waals surface area contributed by atoms with Gasteiger partial charge in [0, 0.05) is 24.9 Å². The minimum absolute atomic E-state index is 0. The number of halogens is 1. The van der Waals surface area contributed by atoms with Crippen LogP contribution >= 0.6 is 35.7 Å². The van der Waals surface area contributed by atoms with Gasteiger partial charge in [-0.2, -0.15) is 11.8 Å². The summed E-state index contributed by atoms with van der Waals surface area (Å²) in [5.41, 5.74) is 0. The van der Waals surface area contributed by atoms with Crippen LogP contribution in [0, 0.1) is 5.92 Å². The zero-order valence-electron chi connectivity index (χ0n) is 14.1. The third-order valence-corrected chi connectivity index (χ3v) is 5.80. The Bertz CT molecular complexity index is 313. The first-order chi connectivity index (χ1) is 10.3. The van der Waals surface area contributed by atoms with E-state index in [1.165, 1.54) is 44.5 Å². The monoisotopic (exact) mass is 440 g/mol. The van der Waals surface area contributed by atoms with Crippen LogP contribution in [0.25, 0.3) is 0 Å². The molecule has 0 aromatic carbocycles. The van der Waals surface area contributed by atoms with Gasteiger partial charge in [0.2, 0.25) is 0 Å². The van der Waals surface area contributed by atoms with Crippen molar-refractivity contribution >= 4 is 41.7 Å². The Morgan fingerprint density at radius 2 is 2.00 bits per heavy atom. The highest BCUT2D eigenvalue weighted by atomic mass is 127. The molecule has 2 N–H and O–H groups in total. The Morgan fingerprint density at radius 3 is 2.64 bits per heavy atom. The third kappa shape index (κ3) is 7.73. The second-order valence-corrected chi connectivity index (χ2v) is 7.71. The van der Waals surface area contributed by atoms with Crippen LogP contribution in [-0.2, 0) is 0 Å². The standard InChI is InChI=1S/C16H32N4S.HI/c1-3-17-16(19-13-15-5-4-12-21-15)18-8-11-20-9-6-14(2)7-10-20;/h14-15H,3-13H2,1-2H3,(H2,17,18,19);1H. The normalized spacial score (nSPS) is 24.1. The van der Waals surface area contributed by atoms with Gasteiger partial charge in [-0.25, -0.2) is 0 Å². The van der Waals surface area contributed by atoms with Crippen molar-refractivity contribution < 1.29 is 0 Å². The quantitative estimate of drug-likeness (QED) is 0.379. The molecular weight excluding hydrogens is 407 g/mol. The lowest BCUT2D eigenvalue weighted by Gasteiger charge is -2.30. The van der Waals surface area contributed by atoms with Crippen molar-refractivity contribution in [1.82, 2.24) is 15.5 Å². The van der Waals surface area contributed by atoms with E-state index in [4.69, 9.17) is 4.99 Å². The highest BCUT2D eigenvalue weighted by Crippen LogP contribution is 2.25. The van der Waals surface area contributed by atoms with Crippen molar-refractivity contribution in [2.45, 2.75) is 44.8 Å². The largest absolute Gasteiger partial charge is 0.357 e. The average molecular weight is 440 g/mol. The smallest absolute Gasteiger partial charge is 0.191 e. The van der Waals surface area contributed by atoms with Gasteiger partial charge in [0.05, 0.1) is 6.54 Å². The third-order valence-electron chi connectivity index (χ3n) is 4.42. The van der Waals surface area contributed by atoms with Gasteiger partial charge in [0.15, 0.2) is 5.96 Å². The van der Waals surface area contributed by atoms with Crippen LogP contribution in [-0.4, -0.2) is 61.1 Å². The molecule has 0 radical (unpaired) electrons. The minimum atomic E-state index is 0. The molecule has 2 heterocycles. The summed E-state index contributed by atoms with van der Waals surface area (Å²) in [7, 11) is 0. The van der Waals surface area contributed by atoms with Crippen LogP contribution < -0.4 is 10.6 Å². The molecule has 2 rings (SSSR count). The highest BCUT2D eigenvalue weighted by Gasteiger charge is 2.16. The van der Waals surface area contributed by atoms with Crippen LogP contribution in [0.3, 0.4) is 0 Å².